The van der Waals surface area contributed by atoms with Crippen molar-refractivity contribution in [2.75, 3.05) is 0 Å². The molecule has 128 valence electrons. The topological polar surface area (TPSA) is 169 Å². The predicted molar refractivity (Wildman–Crippen MR) is 82.1 cm³/mol. The first kappa shape index (κ1) is 18.1. The molecule has 9 nitrogen and oxygen atoms in total. The zero-order valence-electron chi connectivity index (χ0n) is 11.4. The van der Waals surface area contributed by atoms with Gasteiger partial charge in [-0.25, -0.2) is 0 Å². The average Bonchev–Trinajstić information content (AvgIpc) is 2.32. The van der Waals surface area contributed by atoms with Crippen LogP contribution in [0.1, 0.15) is 5.56 Å². The van der Waals surface area contributed by atoms with E-state index in [0.717, 1.165) is 18.2 Å². The molecule has 0 aliphatic rings. The van der Waals surface area contributed by atoms with E-state index in [1.165, 1.54) is 6.92 Å². The highest BCUT2D eigenvalue weighted by Crippen LogP contribution is 2.47. The molecule has 0 aliphatic heterocycles. The minimum Gasteiger partial charge on any atom is -0.304 e. The molecule has 0 fully saturated rings. The molecule has 2 aromatic rings. The molecule has 2 rings (SSSR count). The van der Waals surface area contributed by atoms with E-state index in [0.29, 0.717) is 6.07 Å². The number of fused-ring (bicyclic) bond motifs is 1. The van der Waals surface area contributed by atoms with Gasteiger partial charge in [0.1, 0.15) is 15.8 Å². The molecule has 0 spiro atoms. The molecule has 0 amide bonds. The van der Waals surface area contributed by atoms with Crippen molar-refractivity contribution in [1.82, 2.24) is 0 Å². The molecule has 0 saturated carbocycles. The van der Waals surface area contributed by atoms with Gasteiger partial charge in [0.15, 0.2) is 0 Å². The van der Waals surface area contributed by atoms with Gasteiger partial charge in [-0.15, -0.1) is 0 Å². The van der Waals surface area contributed by atoms with Gasteiger partial charge in [0.05, 0.1) is 9.79 Å². The van der Waals surface area contributed by atoms with Crippen molar-refractivity contribution in [1.29, 1.82) is 0 Å². The molecule has 0 atom stereocenters. The van der Waals surface area contributed by atoms with Crippen molar-refractivity contribution in [2.45, 2.75) is 21.6 Å². The van der Waals surface area contributed by atoms with Gasteiger partial charge in [0.2, 0.25) is 0 Å². The van der Waals surface area contributed by atoms with Gasteiger partial charge in [-0.1, -0.05) is 0 Å². The normalized spacial score (nSPS) is 14.2. The van der Waals surface area contributed by atoms with Crippen LogP contribution in [0.4, 0.5) is 0 Å². The van der Waals surface area contributed by atoms with E-state index in [2.05, 4.69) is 0 Å². The van der Waals surface area contributed by atoms with Gasteiger partial charge in [-0.3, -0.25) is 9.11 Å². The summed E-state index contributed by atoms with van der Waals surface area (Å²) >= 11 is 0. The highest BCUT2D eigenvalue weighted by molar-refractivity contribution is 8.19. The van der Waals surface area contributed by atoms with E-state index >= 15 is 0 Å². The Morgan fingerprint density at radius 1 is 0.739 bits per heavy atom. The summed E-state index contributed by atoms with van der Waals surface area (Å²) in [4.78, 5) is -1.95. The van der Waals surface area contributed by atoms with Crippen molar-refractivity contribution in [3.05, 3.63) is 29.8 Å². The molecule has 23 heavy (non-hydrogen) atoms. The van der Waals surface area contributed by atoms with Crippen LogP contribution in [0.2, 0.25) is 0 Å². The number of rotatable bonds is 3. The van der Waals surface area contributed by atoms with E-state index in [9.17, 15) is 35.0 Å². The summed E-state index contributed by atoms with van der Waals surface area (Å²) in [6.45, 7) is 1.35. The summed E-state index contributed by atoms with van der Waals surface area (Å²) in [7, 11) is -13.8. The smallest absolute Gasteiger partial charge is 0.295 e. The Labute approximate surface area is 133 Å². The maximum atomic E-state index is 11.5. The second kappa shape index (κ2) is 5.39. The zero-order valence-corrected chi connectivity index (χ0v) is 13.9. The molecule has 0 bridgehead atoms. The van der Waals surface area contributed by atoms with Crippen molar-refractivity contribution < 1.29 is 39.6 Å². The second-order valence-electron chi connectivity index (χ2n) is 4.73. The molecule has 5 N–H and O–H groups in total. The Hall–Kier alpha value is -1.25. The standard InChI is InChI=1S/C11H12O9S3/c1-6-2-9-7(4-10(6)22(15,16)17)3-8(21(12,13)14)5-11(9)23(18,19)20/h2-5,15-17H,1H3,(H,12,13,14)(H,18,19,20). The third-order valence-corrected chi connectivity index (χ3v) is 5.81. The Bertz CT molecular complexity index is 1000. The maximum absolute atomic E-state index is 11.5. The van der Waals surface area contributed by atoms with E-state index < -0.39 is 40.9 Å². The summed E-state index contributed by atoms with van der Waals surface area (Å²) in [5.41, 5.74) is 0.101. The number of benzene rings is 2. The summed E-state index contributed by atoms with van der Waals surface area (Å²) in [6.07, 6.45) is 0. The first-order valence-corrected chi connectivity index (χ1v) is 10.1. The summed E-state index contributed by atoms with van der Waals surface area (Å²) in [5, 5.41) is -0.271. The van der Waals surface area contributed by atoms with Gasteiger partial charge in [0, 0.05) is 5.39 Å². The summed E-state index contributed by atoms with van der Waals surface area (Å²) < 4.78 is 91.8. The molecule has 0 aromatic heterocycles. The Morgan fingerprint density at radius 2 is 1.30 bits per heavy atom. The first-order valence-electron chi connectivity index (χ1n) is 5.75. The predicted octanol–water partition coefficient (Wildman–Crippen LogP) is 2.22. The minimum atomic E-state index is -4.83. The van der Waals surface area contributed by atoms with E-state index in [4.69, 9.17) is 4.55 Å². The van der Waals surface area contributed by atoms with E-state index in [1.54, 1.807) is 0 Å². The first-order chi connectivity index (χ1) is 10.2. The fraction of sp³-hybridized carbons (Fsp3) is 0.0909. The molecule has 0 unspecified atom stereocenters. The van der Waals surface area contributed by atoms with Crippen LogP contribution in [0.25, 0.3) is 10.8 Å². The number of hydrogen-bond donors (Lipinski definition) is 5. The fourth-order valence-electron chi connectivity index (χ4n) is 2.10. The van der Waals surface area contributed by atoms with Gasteiger partial charge < -0.3 is 13.7 Å². The van der Waals surface area contributed by atoms with E-state index in [1.807, 2.05) is 0 Å². The molecular weight excluding hydrogens is 372 g/mol. The molecule has 0 aliphatic carbocycles. The Kier molecular flexibility index (Phi) is 4.24. The van der Waals surface area contributed by atoms with Gasteiger partial charge >= 0.3 is 0 Å². The van der Waals surface area contributed by atoms with E-state index in [-0.39, 0.29) is 21.2 Å². The lowest BCUT2D eigenvalue weighted by Gasteiger charge is -2.22. The summed E-state index contributed by atoms with van der Waals surface area (Å²) in [5.74, 6) is 0. The highest BCUT2D eigenvalue weighted by Gasteiger charge is 2.24. The molecule has 0 saturated heterocycles. The van der Waals surface area contributed by atoms with Crippen LogP contribution in [-0.2, 0) is 20.2 Å². The monoisotopic (exact) mass is 384 g/mol. The quantitative estimate of drug-likeness (QED) is 0.498. The lowest BCUT2D eigenvalue weighted by atomic mass is 10.1. The molecular formula is C11H12O9S3. The van der Waals surface area contributed by atoms with Crippen LogP contribution < -0.4 is 0 Å². The number of aryl methyl sites for hydroxylation is 1. The highest BCUT2D eigenvalue weighted by atomic mass is 32.3. The third-order valence-electron chi connectivity index (χ3n) is 3.05. The Morgan fingerprint density at radius 3 is 1.74 bits per heavy atom. The number of hydrogen-bond acceptors (Lipinski definition) is 7. The van der Waals surface area contributed by atoms with Crippen molar-refractivity contribution >= 4 is 41.9 Å². The van der Waals surface area contributed by atoms with Crippen LogP contribution in [0.15, 0.2) is 39.0 Å². The van der Waals surface area contributed by atoms with Crippen LogP contribution >= 0.6 is 10.9 Å². The lowest BCUT2D eigenvalue weighted by Crippen LogP contribution is -2.05. The molecule has 0 radical (unpaired) electrons. The summed E-state index contributed by atoms with van der Waals surface area (Å²) in [6, 6.07) is 3.53. The zero-order chi connectivity index (χ0) is 17.8. The molecule has 12 heteroatoms. The molecule has 0 heterocycles. The van der Waals surface area contributed by atoms with Crippen molar-refractivity contribution in [3.63, 3.8) is 0 Å². The maximum Gasteiger partial charge on any atom is 0.295 e. The SMILES string of the molecule is Cc1cc2c(S(=O)(=O)O)cc(S(=O)(=O)O)cc2cc1S(O)(O)O. The van der Waals surface area contributed by atoms with Crippen molar-refractivity contribution in [3.8, 4) is 0 Å². The van der Waals surface area contributed by atoms with Gasteiger partial charge in [-0.05, 0) is 42.1 Å². The fourth-order valence-corrected chi connectivity index (χ4v) is 4.22. The Balaban J connectivity index is 3.04. The largest absolute Gasteiger partial charge is 0.304 e. The van der Waals surface area contributed by atoms with Crippen LogP contribution in [0.3, 0.4) is 0 Å². The van der Waals surface area contributed by atoms with Crippen LogP contribution in [0.5, 0.6) is 0 Å². The lowest BCUT2D eigenvalue weighted by molar-refractivity contribution is 0.375. The molecule has 2 aromatic carbocycles. The second-order valence-corrected chi connectivity index (χ2v) is 9.02. The van der Waals surface area contributed by atoms with Crippen LogP contribution in [0, 0.1) is 6.92 Å². The minimum absolute atomic E-state index is 0.101. The van der Waals surface area contributed by atoms with Gasteiger partial charge in [0.25, 0.3) is 20.2 Å². The van der Waals surface area contributed by atoms with Crippen LogP contribution in [-0.4, -0.2) is 39.6 Å². The van der Waals surface area contributed by atoms with Gasteiger partial charge in [-0.2, -0.15) is 16.8 Å². The van der Waals surface area contributed by atoms with Crippen molar-refractivity contribution in [2.24, 2.45) is 0 Å². The average molecular weight is 384 g/mol. The third kappa shape index (κ3) is 3.64.